The molecular weight excluding hydrogens is 327 g/mol. The number of rotatable bonds is 4. The molecule has 122 valence electrons. The van der Waals surface area contributed by atoms with Crippen LogP contribution < -0.4 is 10.6 Å². The van der Waals surface area contributed by atoms with Crippen molar-refractivity contribution < 1.29 is 13.0 Å². The highest BCUT2D eigenvalue weighted by Gasteiger charge is 2.27. The minimum absolute atomic E-state index is 0.00533. The van der Waals surface area contributed by atoms with E-state index in [4.69, 9.17) is 0 Å². The minimum Gasteiger partial charge on any atom is -0.282 e. The predicted molar refractivity (Wildman–Crippen MR) is 95.8 cm³/mol. The lowest BCUT2D eigenvalue weighted by atomic mass is 10.0. The molecule has 0 saturated heterocycles. The van der Waals surface area contributed by atoms with Crippen LogP contribution in [-0.4, -0.2) is 18.6 Å². The van der Waals surface area contributed by atoms with Crippen LogP contribution >= 0.6 is 7.92 Å². The maximum Gasteiger partial charge on any atom is 0.294 e. The first-order valence-corrected chi connectivity index (χ1v) is 10.8. The Morgan fingerprint density at radius 3 is 2.17 bits per heavy atom. The van der Waals surface area contributed by atoms with Crippen molar-refractivity contribution in [2.45, 2.75) is 42.7 Å². The van der Waals surface area contributed by atoms with Crippen LogP contribution in [0.15, 0.2) is 59.5 Å². The number of benzene rings is 2. The Labute approximate surface area is 139 Å². The summed E-state index contributed by atoms with van der Waals surface area (Å²) in [5, 5.41) is 2.31. The molecule has 3 rings (SSSR count). The fourth-order valence-corrected chi connectivity index (χ4v) is 6.95. The van der Waals surface area contributed by atoms with Crippen LogP contribution in [0.5, 0.6) is 0 Å². The van der Waals surface area contributed by atoms with E-state index < -0.39 is 18.0 Å². The molecule has 1 atom stereocenters. The van der Waals surface area contributed by atoms with Crippen molar-refractivity contribution in [2.75, 3.05) is 0 Å². The van der Waals surface area contributed by atoms with Gasteiger partial charge in [-0.15, -0.1) is 0 Å². The highest BCUT2D eigenvalue weighted by molar-refractivity contribution is 7.86. The summed E-state index contributed by atoms with van der Waals surface area (Å²) in [7, 11) is -4.77. The Morgan fingerprint density at radius 1 is 0.870 bits per heavy atom. The second kappa shape index (κ2) is 7.12. The van der Waals surface area contributed by atoms with Crippen molar-refractivity contribution in [1.29, 1.82) is 0 Å². The van der Waals surface area contributed by atoms with Crippen molar-refractivity contribution in [3.8, 4) is 0 Å². The molecule has 0 amide bonds. The van der Waals surface area contributed by atoms with Gasteiger partial charge in [0.15, 0.2) is 0 Å². The molecule has 1 fully saturated rings. The van der Waals surface area contributed by atoms with Crippen LogP contribution in [0.3, 0.4) is 0 Å². The van der Waals surface area contributed by atoms with Gasteiger partial charge in [-0.05, 0) is 49.2 Å². The summed E-state index contributed by atoms with van der Waals surface area (Å²) in [6, 6.07) is 17.2. The lowest BCUT2D eigenvalue weighted by Gasteiger charge is -2.31. The van der Waals surface area contributed by atoms with E-state index in [9.17, 15) is 13.0 Å². The monoisotopic (exact) mass is 348 g/mol. The van der Waals surface area contributed by atoms with E-state index in [0.717, 1.165) is 5.30 Å². The molecule has 2 aromatic carbocycles. The highest BCUT2D eigenvalue weighted by Crippen LogP contribution is 2.46. The second-order valence-electron chi connectivity index (χ2n) is 5.97. The molecule has 3 nitrogen and oxygen atoms in total. The normalized spacial score (nSPS) is 17.8. The lowest BCUT2D eigenvalue weighted by Crippen LogP contribution is -2.24. The van der Waals surface area contributed by atoms with E-state index in [2.05, 4.69) is 12.1 Å². The van der Waals surface area contributed by atoms with Gasteiger partial charge in [0, 0.05) is 0 Å². The SMILES string of the molecule is O=S(=O)(O)c1cccc(P(c2ccccc2)C2CCCCC2)c1. The summed E-state index contributed by atoms with van der Waals surface area (Å²) >= 11 is 0. The Bertz CT molecular complexity index is 753. The average Bonchev–Trinajstić information content (AvgIpc) is 2.57. The van der Waals surface area contributed by atoms with Crippen LogP contribution in [0.2, 0.25) is 0 Å². The molecule has 2 aromatic rings. The zero-order valence-corrected chi connectivity index (χ0v) is 14.6. The zero-order valence-electron chi connectivity index (χ0n) is 12.9. The maximum absolute atomic E-state index is 11.5. The molecule has 1 N–H and O–H groups in total. The zero-order chi connectivity index (χ0) is 16.3. The van der Waals surface area contributed by atoms with Gasteiger partial charge in [-0.25, -0.2) is 0 Å². The average molecular weight is 348 g/mol. The van der Waals surface area contributed by atoms with Gasteiger partial charge in [0.05, 0.1) is 4.90 Å². The van der Waals surface area contributed by atoms with Gasteiger partial charge in [-0.1, -0.05) is 61.7 Å². The Hall–Kier alpha value is -1.22. The molecule has 0 heterocycles. The standard InChI is InChI=1S/C18H21O3PS/c19-23(20,21)18-13-7-12-17(14-18)22(15-8-3-1-4-9-15)16-10-5-2-6-11-16/h1,3-4,7-9,12-14,16H,2,5-6,10-11H2,(H,19,20,21). The Morgan fingerprint density at radius 2 is 1.52 bits per heavy atom. The molecule has 1 aliphatic rings. The fraction of sp³-hybridized carbons (Fsp3) is 0.333. The molecule has 1 unspecified atom stereocenters. The fourth-order valence-electron chi connectivity index (χ4n) is 3.29. The van der Waals surface area contributed by atoms with E-state index >= 15 is 0 Å². The van der Waals surface area contributed by atoms with Crippen molar-refractivity contribution >= 4 is 28.6 Å². The maximum atomic E-state index is 11.5. The Kier molecular flexibility index (Phi) is 5.15. The third kappa shape index (κ3) is 4.00. The topological polar surface area (TPSA) is 54.4 Å². The molecule has 1 saturated carbocycles. The Balaban J connectivity index is 2.05. The molecular formula is C18H21O3PS. The molecule has 5 heteroatoms. The van der Waals surface area contributed by atoms with Gasteiger partial charge in [0.2, 0.25) is 0 Å². The molecule has 0 radical (unpaired) electrons. The van der Waals surface area contributed by atoms with E-state index in [-0.39, 0.29) is 4.90 Å². The predicted octanol–water partition coefficient (Wildman–Crippen LogP) is 3.70. The van der Waals surface area contributed by atoms with Crippen LogP contribution in [0.1, 0.15) is 32.1 Å². The van der Waals surface area contributed by atoms with Crippen LogP contribution in [0.25, 0.3) is 0 Å². The van der Waals surface area contributed by atoms with E-state index in [1.54, 1.807) is 12.1 Å². The smallest absolute Gasteiger partial charge is 0.282 e. The summed E-state index contributed by atoms with van der Waals surface area (Å²) in [5.41, 5.74) is 0.581. The van der Waals surface area contributed by atoms with Crippen LogP contribution in [0, 0.1) is 0 Å². The van der Waals surface area contributed by atoms with Crippen molar-refractivity contribution in [3.63, 3.8) is 0 Å². The summed E-state index contributed by atoms with van der Waals surface area (Å²) in [5.74, 6) is 0. The summed E-state index contributed by atoms with van der Waals surface area (Å²) in [6.45, 7) is 0. The molecule has 0 aromatic heterocycles. The van der Waals surface area contributed by atoms with E-state index in [1.807, 2.05) is 24.3 Å². The number of hydrogen-bond donors (Lipinski definition) is 1. The molecule has 0 bridgehead atoms. The van der Waals surface area contributed by atoms with Gasteiger partial charge in [0.1, 0.15) is 0 Å². The van der Waals surface area contributed by atoms with Gasteiger partial charge in [0.25, 0.3) is 10.1 Å². The van der Waals surface area contributed by atoms with E-state index in [1.165, 1.54) is 43.5 Å². The van der Waals surface area contributed by atoms with Crippen LogP contribution in [0.4, 0.5) is 0 Å². The van der Waals surface area contributed by atoms with Gasteiger partial charge < -0.3 is 0 Å². The lowest BCUT2D eigenvalue weighted by molar-refractivity contribution is 0.483. The summed E-state index contributed by atoms with van der Waals surface area (Å²) < 4.78 is 32.3. The quantitative estimate of drug-likeness (QED) is 0.677. The molecule has 0 aliphatic heterocycles. The van der Waals surface area contributed by atoms with Crippen molar-refractivity contribution in [3.05, 3.63) is 54.6 Å². The second-order valence-corrected chi connectivity index (χ2v) is 9.89. The van der Waals surface area contributed by atoms with E-state index in [0.29, 0.717) is 5.66 Å². The van der Waals surface area contributed by atoms with Gasteiger partial charge in [-0.2, -0.15) is 8.42 Å². The molecule has 23 heavy (non-hydrogen) atoms. The first-order valence-electron chi connectivity index (χ1n) is 7.97. The minimum atomic E-state index is -4.16. The largest absolute Gasteiger partial charge is 0.294 e. The summed E-state index contributed by atoms with van der Waals surface area (Å²) in [6.07, 6.45) is 6.16. The number of hydrogen-bond acceptors (Lipinski definition) is 2. The third-order valence-electron chi connectivity index (χ3n) is 4.37. The van der Waals surface area contributed by atoms with Gasteiger partial charge in [-0.3, -0.25) is 4.55 Å². The third-order valence-corrected chi connectivity index (χ3v) is 8.15. The van der Waals surface area contributed by atoms with Crippen LogP contribution in [-0.2, 0) is 10.1 Å². The summed E-state index contributed by atoms with van der Waals surface area (Å²) in [4.78, 5) is -0.00533. The van der Waals surface area contributed by atoms with Crippen molar-refractivity contribution in [1.82, 2.24) is 0 Å². The first-order chi connectivity index (χ1) is 11.1. The first kappa shape index (κ1) is 16.6. The van der Waals surface area contributed by atoms with Gasteiger partial charge >= 0.3 is 0 Å². The van der Waals surface area contributed by atoms with Crippen molar-refractivity contribution in [2.24, 2.45) is 0 Å². The molecule has 1 aliphatic carbocycles. The molecule has 0 spiro atoms. The highest BCUT2D eigenvalue weighted by atomic mass is 32.2.